The number of aromatic nitrogens is 1. The first-order chi connectivity index (χ1) is 17.9. The van der Waals surface area contributed by atoms with Crippen molar-refractivity contribution in [3.8, 4) is 44.8 Å². The van der Waals surface area contributed by atoms with E-state index in [0.717, 1.165) is 22.2 Å². The molecular weight excluding hydrogens is 466 g/mol. The third-order valence-corrected chi connectivity index (χ3v) is 8.99. The fraction of sp³-hybridized carbons (Fsp3) is 0.0882. The lowest BCUT2D eigenvalue weighted by Crippen LogP contribution is -2.37. The van der Waals surface area contributed by atoms with Gasteiger partial charge in [0.15, 0.2) is 5.58 Å². The van der Waals surface area contributed by atoms with Gasteiger partial charge < -0.3 is 4.42 Å². The van der Waals surface area contributed by atoms with Crippen molar-refractivity contribution in [1.82, 2.24) is 4.98 Å². The number of para-hydroxylation sites is 2. The molecule has 37 heavy (non-hydrogen) atoms. The summed E-state index contributed by atoms with van der Waals surface area (Å²) in [6.45, 7) is 7.16. The van der Waals surface area contributed by atoms with Crippen molar-refractivity contribution in [1.29, 1.82) is 0 Å². The summed E-state index contributed by atoms with van der Waals surface area (Å²) in [5, 5.41) is 1.49. The minimum atomic E-state index is -1.28. The molecule has 0 atom stereocenters. The van der Waals surface area contributed by atoms with Crippen LogP contribution < -0.4 is 5.19 Å². The number of oxazole rings is 1. The maximum atomic E-state index is 5.97. The second-order valence-corrected chi connectivity index (χ2v) is 15.6. The van der Waals surface area contributed by atoms with E-state index < -0.39 is 8.07 Å². The summed E-state index contributed by atoms with van der Waals surface area (Å²) in [4.78, 5) is 4.65. The average Bonchev–Trinajstić information content (AvgIpc) is 3.38. The van der Waals surface area contributed by atoms with E-state index in [2.05, 4.69) is 116 Å². The zero-order chi connectivity index (χ0) is 25.4. The highest BCUT2D eigenvalue weighted by molar-refractivity contribution is 6.88. The number of rotatable bonds is 5. The molecule has 0 spiro atoms. The van der Waals surface area contributed by atoms with Crippen LogP contribution in [0.25, 0.3) is 55.9 Å². The summed E-state index contributed by atoms with van der Waals surface area (Å²) in [5.74, 6) is 0.648. The molecular formula is C34H29NOSi. The molecule has 0 saturated heterocycles. The molecule has 3 heteroatoms. The number of nitrogens with zero attached hydrogens (tertiary/aromatic N) is 1. The summed E-state index contributed by atoms with van der Waals surface area (Å²) >= 11 is 0. The molecule has 2 nitrogen and oxygen atoms in total. The van der Waals surface area contributed by atoms with Crippen LogP contribution in [0.4, 0.5) is 0 Å². The van der Waals surface area contributed by atoms with Gasteiger partial charge in [0.25, 0.3) is 0 Å². The fourth-order valence-electron chi connectivity index (χ4n) is 4.70. The van der Waals surface area contributed by atoms with E-state index in [4.69, 9.17) is 4.42 Å². The molecule has 0 aliphatic carbocycles. The summed E-state index contributed by atoms with van der Waals surface area (Å²) in [6.07, 6.45) is 0. The van der Waals surface area contributed by atoms with Crippen molar-refractivity contribution in [2.45, 2.75) is 19.6 Å². The molecule has 0 amide bonds. The molecule has 6 rings (SSSR count). The Morgan fingerprint density at radius 2 is 0.973 bits per heavy atom. The Bertz CT molecular complexity index is 1640. The summed E-state index contributed by atoms with van der Waals surface area (Å²) in [5.41, 5.74) is 9.91. The van der Waals surface area contributed by atoms with Crippen LogP contribution in [0.1, 0.15) is 0 Å². The highest BCUT2D eigenvalue weighted by atomic mass is 28.3. The Labute approximate surface area is 219 Å². The van der Waals surface area contributed by atoms with Gasteiger partial charge in [-0.3, -0.25) is 0 Å². The van der Waals surface area contributed by atoms with Crippen molar-refractivity contribution >= 4 is 24.4 Å². The van der Waals surface area contributed by atoms with E-state index >= 15 is 0 Å². The highest BCUT2D eigenvalue weighted by Crippen LogP contribution is 2.30. The van der Waals surface area contributed by atoms with Crippen LogP contribution in [0.3, 0.4) is 0 Å². The number of hydrogen-bond acceptors (Lipinski definition) is 2. The topological polar surface area (TPSA) is 26.0 Å². The van der Waals surface area contributed by atoms with Crippen molar-refractivity contribution in [2.24, 2.45) is 0 Å². The molecule has 0 radical (unpaired) electrons. The lowest BCUT2D eigenvalue weighted by molar-refractivity contribution is 0.620. The maximum absolute atomic E-state index is 5.97. The lowest BCUT2D eigenvalue weighted by atomic mass is 9.97. The third-order valence-electron chi connectivity index (χ3n) is 6.92. The molecule has 0 aliphatic rings. The van der Waals surface area contributed by atoms with Crippen molar-refractivity contribution in [2.75, 3.05) is 0 Å². The first kappa shape index (κ1) is 23.2. The van der Waals surface area contributed by atoms with Gasteiger partial charge in [0, 0.05) is 5.56 Å². The van der Waals surface area contributed by atoms with Gasteiger partial charge in [-0.05, 0) is 57.6 Å². The minimum absolute atomic E-state index is 0.648. The van der Waals surface area contributed by atoms with Gasteiger partial charge in [-0.2, -0.15) is 0 Å². The maximum Gasteiger partial charge on any atom is 0.227 e. The van der Waals surface area contributed by atoms with E-state index in [1.54, 1.807) is 0 Å². The van der Waals surface area contributed by atoms with Crippen molar-refractivity contribution in [3.63, 3.8) is 0 Å². The Kier molecular flexibility index (Phi) is 5.86. The number of hydrogen-bond donors (Lipinski definition) is 0. The predicted octanol–water partition coefficient (Wildman–Crippen LogP) is 9.04. The highest BCUT2D eigenvalue weighted by Gasteiger charge is 2.15. The largest absolute Gasteiger partial charge is 0.436 e. The van der Waals surface area contributed by atoms with E-state index in [-0.39, 0.29) is 0 Å². The van der Waals surface area contributed by atoms with Gasteiger partial charge in [0.05, 0.1) is 8.07 Å². The lowest BCUT2D eigenvalue weighted by Gasteiger charge is -2.16. The van der Waals surface area contributed by atoms with Crippen LogP contribution in [0.5, 0.6) is 0 Å². The van der Waals surface area contributed by atoms with Gasteiger partial charge in [-0.15, -0.1) is 0 Å². The van der Waals surface area contributed by atoms with E-state index in [9.17, 15) is 0 Å². The average molecular weight is 496 g/mol. The monoisotopic (exact) mass is 495 g/mol. The van der Waals surface area contributed by atoms with E-state index in [1.165, 1.54) is 33.0 Å². The van der Waals surface area contributed by atoms with Crippen LogP contribution in [0, 0.1) is 0 Å². The van der Waals surface area contributed by atoms with E-state index in [1.807, 2.05) is 30.3 Å². The first-order valence-corrected chi connectivity index (χ1v) is 16.2. The molecule has 6 aromatic rings. The van der Waals surface area contributed by atoms with Gasteiger partial charge in [0.2, 0.25) is 5.89 Å². The zero-order valence-electron chi connectivity index (χ0n) is 21.4. The predicted molar refractivity (Wildman–Crippen MR) is 159 cm³/mol. The molecule has 0 N–H and O–H groups in total. The Morgan fingerprint density at radius 1 is 0.486 bits per heavy atom. The molecule has 0 unspecified atom stereocenters. The third kappa shape index (κ3) is 4.78. The summed E-state index contributed by atoms with van der Waals surface area (Å²) in [6, 6.07) is 43.0. The Morgan fingerprint density at radius 3 is 1.51 bits per heavy atom. The fourth-order valence-corrected chi connectivity index (χ4v) is 5.87. The standard InChI is InChI=1S/C34H29NOSi/c1-37(2,3)31-21-19-27(20-22-31)26-13-11-24(12-14-26)25-15-17-28(18-16-25)29-7-6-8-30(23-29)34-35-32-9-4-5-10-33(32)36-34/h4-23H,1-3H3. The normalized spacial score (nSPS) is 11.6. The zero-order valence-corrected chi connectivity index (χ0v) is 22.4. The number of benzene rings is 5. The second-order valence-electron chi connectivity index (χ2n) is 10.5. The molecule has 180 valence electrons. The van der Waals surface area contributed by atoms with Crippen molar-refractivity contribution < 1.29 is 4.42 Å². The first-order valence-electron chi connectivity index (χ1n) is 12.7. The van der Waals surface area contributed by atoms with Crippen LogP contribution in [0.2, 0.25) is 19.6 Å². The van der Waals surface area contributed by atoms with Crippen molar-refractivity contribution in [3.05, 3.63) is 121 Å². The van der Waals surface area contributed by atoms with Gasteiger partial charge in [-0.1, -0.05) is 122 Å². The van der Waals surface area contributed by atoms with Gasteiger partial charge >= 0.3 is 0 Å². The van der Waals surface area contributed by atoms with E-state index in [0.29, 0.717) is 5.89 Å². The molecule has 1 heterocycles. The smallest absolute Gasteiger partial charge is 0.227 e. The summed E-state index contributed by atoms with van der Waals surface area (Å²) in [7, 11) is -1.28. The van der Waals surface area contributed by atoms with Gasteiger partial charge in [-0.25, -0.2) is 4.98 Å². The second kappa shape index (κ2) is 9.34. The van der Waals surface area contributed by atoms with Crippen LogP contribution in [-0.2, 0) is 0 Å². The quantitative estimate of drug-likeness (QED) is 0.223. The Hall–Kier alpha value is -4.21. The van der Waals surface area contributed by atoms with Crippen LogP contribution >= 0.6 is 0 Å². The van der Waals surface area contributed by atoms with Crippen LogP contribution in [-0.4, -0.2) is 13.1 Å². The molecule has 0 saturated carbocycles. The molecule has 0 bridgehead atoms. The molecule has 1 aromatic heterocycles. The van der Waals surface area contributed by atoms with Crippen LogP contribution in [0.15, 0.2) is 126 Å². The SMILES string of the molecule is C[Si](C)(C)c1ccc(-c2ccc(-c3ccc(-c4cccc(-c5nc6ccccc6o5)c4)cc3)cc2)cc1. The Balaban J connectivity index is 1.22. The molecule has 0 fully saturated rings. The molecule has 5 aromatic carbocycles. The number of fused-ring (bicyclic) bond motifs is 1. The summed E-state index contributed by atoms with van der Waals surface area (Å²) < 4.78 is 5.97. The van der Waals surface area contributed by atoms with Gasteiger partial charge in [0.1, 0.15) is 5.52 Å². The minimum Gasteiger partial charge on any atom is -0.436 e. The molecule has 0 aliphatic heterocycles.